The van der Waals surface area contributed by atoms with Crippen molar-refractivity contribution < 1.29 is 45.8 Å². The van der Waals surface area contributed by atoms with Gasteiger partial charge in [0.25, 0.3) is 0 Å². The number of hydrogen-bond acceptors (Lipinski definition) is 6. The van der Waals surface area contributed by atoms with Gasteiger partial charge >= 0.3 is 19.2 Å². The first-order valence-corrected chi connectivity index (χ1v) is 17.3. The fourth-order valence-corrected chi connectivity index (χ4v) is 7.20. The highest BCUT2D eigenvalue weighted by Crippen LogP contribution is 2.60. The van der Waals surface area contributed by atoms with Crippen molar-refractivity contribution in [2.45, 2.75) is 30.6 Å². The van der Waals surface area contributed by atoms with Crippen molar-refractivity contribution in [1.29, 1.82) is 0 Å². The van der Waals surface area contributed by atoms with Gasteiger partial charge < -0.3 is 19.3 Å². The minimum atomic E-state index is -5.89. The topological polar surface area (TPSA) is 130 Å². The summed E-state index contributed by atoms with van der Waals surface area (Å²) in [6.45, 7) is 1.34. The van der Waals surface area contributed by atoms with Crippen molar-refractivity contribution in [3.05, 3.63) is 117 Å². The molecule has 0 saturated heterocycles. The fraction of sp³-hybridized carbons (Fsp3) is 0.194. The lowest BCUT2D eigenvalue weighted by Gasteiger charge is -2.24. The number of sulfonamides is 1. The van der Waals surface area contributed by atoms with Crippen molar-refractivity contribution in [2.24, 2.45) is 0 Å². The molecule has 244 valence electrons. The van der Waals surface area contributed by atoms with Gasteiger partial charge in [-0.2, -0.15) is 13.1 Å². The average Bonchev–Trinajstić information content (AvgIpc) is 3.00. The highest BCUT2D eigenvalue weighted by atomic mass is 35.5. The van der Waals surface area contributed by atoms with Crippen molar-refractivity contribution in [3.8, 4) is 16.9 Å². The second-order valence-corrected chi connectivity index (χ2v) is 14.3. The molecule has 0 amide bonds. The Labute approximate surface area is 274 Å². The minimum absolute atomic E-state index is 0.0812. The zero-order valence-corrected chi connectivity index (χ0v) is 27.6. The molecule has 9 nitrogen and oxygen atoms in total. The maximum absolute atomic E-state index is 14.4. The second-order valence-electron chi connectivity index (χ2n) is 9.94. The van der Waals surface area contributed by atoms with Gasteiger partial charge in [-0.15, -0.1) is 0 Å². The SMILES string of the molecule is CCOC(=O)c1cc(-c2ccc(CN(Cc3ccc(C(F)(F)P(=O)(O)O)c(Cl)c3)S(=O)(=O)c3ccccc3OC)cc2)ccc1Cl. The van der Waals surface area contributed by atoms with E-state index >= 15 is 0 Å². The number of ether oxygens (including phenoxy) is 2. The number of carbonyl (C=O) groups is 1. The first-order chi connectivity index (χ1) is 21.6. The van der Waals surface area contributed by atoms with Gasteiger partial charge in [0.15, 0.2) is 0 Å². The van der Waals surface area contributed by atoms with Crippen molar-refractivity contribution in [1.82, 2.24) is 4.31 Å². The first-order valence-electron chi connectivity index (χ1n) is 13.5. The van der Waals surface area contributed by atoms with Crippen LogP contribution in [-0.2, 0) is 38.1 Å². The van der Waals surface area contributed by atoms with Crippen molar-refractivity contribution >= 4 is 46.8 Å². The molecule has 0 radical (unpaired) electrons. The number of methoxy groups -OCH3 is 1. The molecule has 4 aromatic carbocycles. The number of carbonyl (C=O) groups excluding carboxylic acids is 1. The Morgan fingerprint density at radius 2 is 1.50 bits per heavy atom. The van der Waals surface area contributed by atoms with Crippen molar-refractivity contribution in [2.75, 3.05) is 13.7 Å². The summed E-state index contributed by atoms with van der Waals surface area (Å²) >= 11 is 12.2. The normalized spacial score (nSPS) is 12.3. The lowest BCUT2D eigenvalue weighted by atomic mass is 10.0. The van der Waals surface area contributed by atoms with E-state index in [1.807, 2.05) is 0 Å². The zero-order chi connectivity index (χ0) is 33.9. The molecule has 0 aromatic heterocycles. The van der Waals surface area contributed by atoms with Crippen LogP contribution in [0.3, 0.4) is 0 Å². The standard InChI is InChI=1S/C31H28Cl2F2NO8PS/c1-3-44-30(37)24-17-23(13-15-26(24)32)22-11-8-20(9-12-22)18-36(46(41,42)29-7-5-4-6-28(29)43-2)19-21-10-14-25(27(33)16-21)31(34,35)45(38,39)40/h4-17H,3,18-19H2,1-2H3,(H2,38,39,40). The van der Waals surface area contributed by atoms with Crippen LogP contribution < -0.4 is 4.74 Å². The number of nitrogens with zero attached hydrogens (tertiary/aromatic N) is 1. The van der Waals surface area contributed by atoms with Gasteiger partial charge in [-0.1, -0.05) is 77.8 Å². The van der Waals surface area contributed by atoms with Crippen LogP contribution >= 0.6 is 30.8 Å². The number of alkyl halides is 2. The van der Waals surface area contributed by atoms with E-state index in [0.29, 0.717) is 16.7 Å². The summed E-state index contributed by atoms with van der Waals surface area (Å²) < 4.78 is 79.5. The lowest BCUT2D eigenvalue weighted by molar-refractivity contribution is 0.0526. The maximum atomic E-state index is 14.4. The number of para-hydroxylation sites is 1. The maximum Gasteiger partial charge on any atom is 0.399 e. The Kier molecular flexibility index (Phi) is 10.9. The fourth-order valence-electron chi connectivity index (χ4n) is 4.53. The van der Waals surface area contributed by atoms with Gasteiger partial charge in [0, 0.05) is 13.1 Å². The number of benzene rings is 4. The highest BCUT2D eigenvalue weighted by Gasteiger charge is 2.51. The number of rotatable bonds is 12. The number of halogens is 4. The molecule has 15 heteroatoms. The molecule has 0 saturated carbocycles. The largest absolute Gasteiger partial charge is 0.495 e. The Morgan fingerprint density at radius 1 is 0.891 bits per heavy atom. The molecule has 0 heterocycles. The van der Waals surface area contributed by atoms with E-state index in [4.69, 9.17) is 42.5 Å². The van der Waals surface area contributed by atoms with Gasteiger partial charge in [-0.3, -0.25) is 4.57 Å². The minimum Gasteiger partial charge on any atom is -0.495 e. The molecule has 4 rings (SSSR count). The number of hydrogen-bond donors (Lipinski definition) is 2. The summed E-state index contributed by atoms with van der Waals surface area (Å²) in [5, 5.41) is -0.412. The molecular weight excluding hydrogens is 686 g/mol. The molecule has 0 unspecified atom stereocenters. The van der Waals surface area contributed by atoms with E-state index in [1.165, 1.54) is 25.3 Å². The highest BCUT2D eigenvalue weighted by molar-refractivity contribution is 7.89. The van der Waals surface area contributed by atoms with Gasteiger partial charge in [0.1, 0.15) is 10.6 Å². The van der Waals surface area contributed by atoms with Gasteiger partial charge in [0.05, 0.1) is 34.9 Å². The Bertz CT molecular complexity index is 1900. The third kappa shape index (κ3) is 7.61. The molecule has 0 atom stereocenters. The van der Waals surface area contributed by atoms with Crippen molar-refractivity contribution in [3.63, 3.8) is 0 Å². The molecule has 46 heavy (non-hydrogen) atoms. The summed E-state index contributed by atoms with van der Waals surface area (Å²) in [5.74, 6) is -0.487. The van der Waals surface area contributed by atoms with Gasteiger partial charge in [-0.25, -0.2) is 13.2 Å². The molecule has 0 aliphatic carbocycles. The molecule has 2 N–H and O–H groups in total. The van der Waals surface area contributed by atoms with Crippen LogP contribution in [0.5, 0.6) is 5.75 Å². The molecule has 0 fully saturated rings. The smallest absolute Gasteiger partial charge is 0.399 e. The Balaban J connectivity index is 1.70. The summed E-state index contributed by atoms with van der Waals surface area (Å²) in [4.78, 5) is 30.4. The van der Waals surface area contributed by atoms with E-state index in [0.717, 1.165) is 22.5 Å². The van der Waals surface area contributed by atoms with Crippen LogP contribution in [0.4, 0.5) is 8.78 Å². The summed E-state index contributed by atoms with van der Waals surface area (Å²) in [6.07, 6.45) is 0. The van der Waals surface area contributed by atoms with E-state index in [-0.39, 0.29) is 46.5 Å². The second kappa shape index (κ2) is 14.2. The van der Waals surface area contributed by atoms with E-state index in [1.54, 1.807) is 55.5 Å². The summed E-state index contributed by atoms with van der Waals surface area (Å²) in [5.41, 5.74) is -3.33. The monoisotopic (exact) mass is 713 g/mol. The first kappa shape index (κ1) is 35.5. The predicted molar refractivity (Wildman–Crippen MR) is 170 cm³/mol. The molecule has 0 aliphatic heterocycles. The van der Waals surface area contributed by atoms with E-state index in [9.17, 15) is 26.6 Å². The van der Waals surface area contributed by atoms with Crippen LogP contribution in [0, 0.1) is 0 Å². The Morgan fingerprint density at radius 3 is 2.11 bits per heavy atom. The van der Waals surface area contributed by atoms with Crippen LogP contribution in [0.15, 0.2) is 89.8 Å². The van der Waals surface area contributed by atoms with Crippen LogP contribution in [0.1, 0.15) is 34.0 Å². The molecule has 4 aromatic rings. The Hall–Kier alpha value is -3.35. The quantitative estimate of drug-likeness (QED) is 0.114. The van der Waals surface area contributed by atoms with Gasteiger partial charge in [-0.05, 0) is 59.5 Å². The number of esters is 1. The predicted octanol–water partition coefficient (Wildman–Crippen LogP) is 7.46. The zero-order valence-electron chi connectivity index (χ0n) is 24.4. The molecule has 0 spiro atoms. The third-order valence-corrected chi connectivity index (χ3v) is 10.3. The molecule has 0 aliphatic rings. The van der Waals surface area contributed by atoms with Crippen LogP contribution in [0.25, 0.3) is 11.1 Å². The molecule has 0 bridgehead atoms. The average molecular weight is 715 g/mol. The molecular formula is C31H28Cl2F2NO8PS. The van der Waals surface area contributed by atoms with Crippen LogP contribution in [-0.4, -0.2) is 42.2 Å². The van der Waals surface area contributed by atoms with E-state index < -0.39 is 39.8 Å². The third-order valence-electron chi connectivity index (χ3n) is 6.88. The van der Waals surface area contributed by atoms with Gasteiger partial charge in [0.2, 0.25) is 10.0 Å². The summed E-state index contributed by atoms with van der Waals surface area (Å²) in [7, 11) is -8.84. The van der Waals surface area contributed by atoms with Crippen LogP contribution in [0.2, 0.25) is 10.0 Å². The van der Waals surface area contributed by atoms with E-state index in [2.05, 4.69) is 0 Å². The lowest BCUT2D eigenvalue weighted by Crippen LogP contribution is -2.30. The summed E-state index contributed by atoms with van der Waals surface area (Å²) in [6, 6.07) is 20.6.